The Balaban J connectivity index is 2.35. The van der Waals surface area contributed by atoms with Crippen LogP contribution in [0.3, 0.4) is 0 Å². The highest BCUT2D eigenvalue weighted by Gasteiger charge is 2.30. The van der Waals surface area contributed by atoms with Crippen LogP contribution >= 0.6 is 11.8 Å². The number of rotatable bonds is 5. The number of phenolic OH excluding ortho intramolecular Hbond substituents is 1. The van der Waals surface area contributed by atoms with Crippen LogP contribution in [0.25, 0.3) is 0 Å². The molecule has 2 unspecified atom stereocenters. The van der Waals surface area contributed by atoms with Gasteiger partial charge in [0.05, 0.1) is 12.4 Å². The molecular weight excluding hydrogens is 302 g/mol. The summed E-state index contributed by atoms with van der Waals surface area (Å²) in [5, 5.41) is 19.0. The first-order chi connectivity index (χ1) is 10.5. The van der Waals surface area contributed by atoms with E-state index in [1.165, 1.54) is 31.0 Å². The van der Waals surface area contributed by atoms with Gasteiger partial charge in [-0.1, -0.05) is 24.3 Å². The number of nitrogens with two attached hydrogens (primary N) is 1. The second kappa shape index (κ2) is 7.20. The zero-order chi connectivity index (χ0) is 16.1. The second-order valence-electron chi connectivity index (χ2n) is 4.64. The molecule has 0 bridgehead atoms. The minimum absolute atomic E-state index is 0.110. The molecule has 2 aromatic rings. The number of methoxy groups -OCH3 is 1. The number of phenols is 1. The summed E-state index contributed by atoms with van der Waals surface area (Å²) >= 11 is 1.27. The van der Waals surface area contributed by atoms with Crippen molar-refractivity contribution in [3.05, 3.63) is 54.1 Å². The van der Waals surface area contributed by atoms with Gasteiger partial charge in [-0.2, -0.15) is 0 Å². The van der Waals surface area contributed by atoms with Crippen molar-refractivity contribution in [2.45, 2.75) is 16.2 Å². The first-order valence-corrected chi connectivity index (χ1v) is 7.47. The highest BCUT2D eigenvalue weighted by molar-refractivity contribution is 7.99. The molecule has 0 amide bonds. The van der Waals surface area contributed by atoms with Crippen molar-refractivity contribution in [2.24, 2.45) is 0 Å². The summed E-state index contributed by atoms with van der Waals surface area (Å²) in [6.07, 6.45) is -1.35. The van der Waals surface area contributed by atoms with Crippen molar-refractivity contribution in [2.75, 3.05) is 12.8 Å². The van der Waals surface area contributed by atoms with E-state index in [1.54, 1.807) is 18.2 Å². The summed E-state index contributed by atoms with van der Waals surface area (Å²) in [7, 11) is 1.22. The van der Waals surface area contributed by atoms with Gasteiger partial charge in [0.1, 0.15) is 5.75 Å². The Labute approximate surface area is 132 Å². The van der Waals surface area contributed by atoms with Crippen molar-refractivity contribution in [1.82, 2.24) is 0 Å². The predicted molar refractivity (Wildman–Crippen MR) is 85.6 cm³/mol. The summed E-state index contributed by atoms with van der Waals surface area (Å²) in [5.74, 6) is -0.612. The monoisotopic (exact) mass is 319 g/mol. The molecular formula is C16H17NO4S. The largest absolute Gasteiger partial charge is 0.508 e. The lowest BCUT2D eigenvalue weighted by Gasteiger charge is -2.22. The third-order valence-corrected chi connectivity index (χ3v) is 4.53. The Bertz CT molecular complexity index is 645. The third kappa shape index (κ3) is 3.72. The van der Waals surface area contributed by atoms with E-state index in [4.69, 9.17) is 5.73 Å². The number of aliphatic hydroxyl groups excluding tert-OH is 1. The number of anilines is 1. The normalized spacial score (nSPS) is 13.4. The first-order valence-electron chi connectivity index (χ1n) is 6.59. The van der Waals surface area contributed by atoms with E-state index in [0.717, 1.165) is 4.90 Å². The van der Waals surface area contributed by atoms with Gasteiger partial charge in [0.2, 0.25) is 0 Å². The summed E-state index contributed by atoms with van der Waals surface area (Å²) in [6, 6.07) is 13.5. The SMILES string of the molecule is COC(=O)C(O)C(Sc1ccccc1N)c1ccc(O)cc1. The maximum absolute atomic E-state index is 11.7. The molecule has 22 heavy (non-hydrogen) atoms. The van der Waals surface area contributed by atoms with Crippen LogP contribution in [-0.2, 0) is 9.53 Å². The van der Waals surface area contributed by atoms with Crippen molar-refractivity contribution in [3.8, 4) is 5.75 Å². The molecule has 0 aliphatic heterocycles. The van der Waals surface area contributed by atoms with Gasteiger partial charge in [-0.3, -0.25) is 0 Å². The average Bonchev–Trinajstić information content (AvgIpc) is 2.54. The fourth-order valence-corrected chi connectivity index (χ4v) is 3.12. The summed E-state index contributed by atoms with van der Waals surface area (Å²) in [6.45, 7) is 0. The number of hydrogen-bond donors (Lipinski definition) is 3. The Hall–Kier alpha value is -2.18. The number of para-hydroxylation sites is 1. The number of nitrogen functional groups attached to an aromatic ring is 1. The van der Waals surface area contributed by atoms with Crippen LogP contribution in [0.5, 0.6) is 5.75 Å². The molecule has 0 aliphatic rings. The molecule has 2 aromatic carbocycles. The molecule has 0 aromatic heterocycles. The number of carbonyl (C=O) groups is 1. The summed E-state index contributed by atoms with van der Waals surface area (Å²) < 4.78 is 4.62. The van der Waals surface area contributed by atoms with Gasteiger partial charge in [-0.05, 0) is 29.8 Å². The van der Waals surface area contributed by atoms with Crippen LogP contribution in [0.15, 0.2) is 53.4 Å². The lowest BCUT2D eigenvalue weighted by Crippen LogP contribution is -2.27. The number of hydrogen-bond acceptors (Lipinski definition) is 6. The average molecular weight is 319 g/mol. The fourth-order valence-electron chi connectivity index (χ4n) is 1.95. The number of aromatic hydroxyl groups is 1. The summed E-state index contributed by atoms with van der Waals surface area (Å²) in [5.41, 5.74) is 7.17. The van der Waals surface area contributed by atoms with E-state index in [2.05, 4.69) is 4.74 Å². The van der Waals surface area contributed by atoms with Crippen LogP contribution in [-0.4, -0.2) is 29.4 Å². The number of thioether (sulfide) groups is 1. The lowest BCUT2D eigenvalue weighted by molar-refractivity contribution is -0.150. The van der Waals surface area contributed by atoms with Gasteiger partial charge in [0, 0.05) is 10.6 Å². The van der Waals surface area contributed by atoms with Crippen molar-refractivity contribution in [1.29, 1.82) is 0 Å². The molecule has 0 heterocycles. The van der Waals surface area contributed by atoms with Gasteiger partial charge in [-0.25, -0.2) is 4.79 Å². The first kappa shape index (κ1) is 16.2. The molecule has 0 aliphatic carbocycles. The number of benzene rings is 2. The maximum Gasteiger partial charge on any atom is 0.336 e. The molecule has 0 saturated heterocycles. The molecule has 0 fully saturated rings. The molecule has 0 spiro atoms. The highest BCUT2D eigenvalue weighted by atomic mass is 32.2. The van der Waals surface area contributed by atoms with Gasteiger partial charge in [-0.15, -0.1) is 11.8 Å². The second-order valence-corrected chi connectivity index (χ2v) is 5.82. The molecule has 0 radical (unpaired) electrons. The molecule has 6 heteroatoms. The zero-order valence-corrected chi connectivity index (χ0v) is 12.8. The molecule has 0 saturated carbocycles. The Morgan fingerprint density at radius 2 is 1.82 bits per heavy atom. The van der Waals surface area contributed by atoms with E-state index in [0.29, 0.717) is 11.3 Å². The Morgan fingerprint density at radius 1 is 1.18 bits per heavy atom. The Kier molecular flexibility index (Phi) is 5.30. The number of carbonyl (C=O) groups excluding carboxylic acids is 1. The van der Waals surface area contributed by atoms with E-state index in [9.17, 15) is 15.0 Å². The van der Waals surface area contributed by atoms with Crippen LogP contribution in [0.4, 0.5) is 5.69 Å². The minimum Gasteiger partial charge on any atom is -0.508 e. The van der Waals surface area contributed by atoms with Crippen LogP contribution in [0.1, 0.15) is 10.8 Å². The highest BCUT2D eigenvalue weighted by Crippen LogP contribution is 2.40. The van der Waals surface area contributed by atoms with E-state index in [1.807, 2.05) is 18.2 Å². The van der Waals surface area contributed by atoms with E-state index >= 15 is 0 Å². The van der Waals surface area contributed by atoms with Gasteiger partial charge >= 0.3 is 5.97 Å². The molecule has 116 valence electrons. The van der Waals surface area contributed by atoms with Crippen molar-refractivity contribution >= 4 is 23.4 Å². The van der Waals surface area contributed by atoms with Crippen molar-refractivity contribution in [3.63, 3.8) is 0 Å². The molecule has 2 atom stereocenters. The number of aliphatic hydroxyl groups is 1. The van der Waals surface area contributed by atoms with Crippen LogP contribution < -0.4 is 5.73 Å². The van der Waals surface area contributed by atoms with Gasteiger partial charge < -0.3 is 20.7 Å². The van der Waals surface area contributed by atoms with Crippen LogP contribution in [0.2, 0.25) is 0 Å². The van der Waals surface area contributed by atoms with E-state index in [-0.39, 0.29) is 5.75 Å². The quantitative estimate of drug-likeness (QED) is 0.445. The third-order valence-electron chi connectivity index (χ3n) is 3.12. The fraction of sp³-hybridized carbons (Fsp3) is 0.188. The number of esters is 1. The number of ether oxygens (including phenoxy) is 1. The van der Waals surface area contributed by atoms with Gasteiger partial charge in [0.15, 0.2) is 6.10 Å². The van der Waals surface area contributed by atoms with Gasteiger partial charge in [0.25, 0.3) is 0 Å². The standard InChI is InChI=1S/C16H17NO4S/c1-21-16(20)14(19)15(10-6-8-11(18)9-7-10)22-13-5-3-2-4-12(13)17/h2-9,14-15,18-19H,17H2,1H3. The van der Waals surface area contributed by atoms with E-state index < -0.39 is 17.3 Å². The Morgan fingerprint density at radius 3 is 2.41 bits per heavy atom. The summed E-state index contributed by atoms with van der Waals surface area (Å²) in [4.78, 5) is 12.5. The topological polar surface area (TPSA) is 92.8 Å². The zero-order valence-electron chi connectivity index (χ0n) is 12.0. The van der Waals surface area contributed by atoms with Crippen LogP contribution in [0, 0.1) is 0 Å². The van der Waals surface area contributed by atoms with Crippen molar-refractivity contribution < 1.29 is 19.7 Å². The maximum atomic E-state index is 11.7. The molecule has 5 nitrogen and oxygen atoms in total. The predicted octanol–water partition coefficient (Wildman–Crippen LogP) is 2.34. The lowest BCUT2D eigenvalue weighted by atomic mass is 10.1. The minimum atomic E-state index is -1.35. The molecule has 4 N–H and O–H groups in total. The molecule has 2 rings (SSSR count). The smallest absolute Gasteiger partial charge is 0.336 e.